The van der Waals surface area contributed by atoms with Crippen molar-refractivity contribution in [2.45, 2.75) is 52.6 Å². The van der Waals surface area contributed by atoms with Crippen LogP contribution >= 0.6 is 0 Å². The Bertz CT molecular complexity index is 667. The number of carbonyl (C=O) groups is 3. The summed E-state index contributed by atoms with van der Waals surface area (Å²) < 4.78 is 5.47. The van der Waals surface area contributed by atoms with Crippen LogP contribution in [0.5, 0.6) is 0 Å². The van der Waals surface area contributed by atoms with Crippen LogP contribution in [0.3, 0.4) is 0 Å². The van der Waals surface area contributed by atoms with Gasteiger partial charge in [0.25, 0.3) is 0 Å². The molecule has 0 spiro atoms. The van der Waals surface area contributed by atoms with E-state index >= 15 is 0 Å². The van der Waals surface area contributed by atoms with E-state index in [9.17, 15) is 14.4 Å². The molecule has 1 saturated carbocycles. The number of fused-ring (bicyclic) bond motifs is 1. The average Bonchev–Trinajstić information content (AvgIpc) is 2.79. The molecule has 1 aromatic carbocycles. The van der Waals surface area contributed by atoms with E-state index in [-0.39, 0.29) is 30.2 Å². The molecule has 3 rings (SSSR count). The Morgan fingerprint density at radius 3 is 2.12 bits per heavy atom. The molecule has 2 fully saturated rings. The molecule has 5 heteroatoms. The van der Waals surface area contributed by atoms with Crippen LogP contribution in [-0.2, 0) is 14.3 Å². The van der Waals surface area contributed by atoms with Crippen molar-refractivity contribution in [1.82, 2.24) is 4.90 Å². The third kappa shape index (κ3) is 3.60. The van der Waals surface area contributed by atoms with Gasteiger partial charge in [-0.25, -0.2) is 4.79 Å². The van der Waals surface area contributed by atoms with Gasteiger partial charge >= 0.3 is 5.97 Å². The zero-order chi connectivity index (χ0) is 18.1. The van der Waals surface area contributed by atoms with E-state index in [2.05, 4.69) is 0 Å². The minimum Gasteiger partial charge on any atom is -0.457 e. The fourth-order valence-electron chi connectivity index (χ4n) is 4.05. The zero-order valence-electron chi connectivity index (χ0n) is 15.1. The number of aryl methyl sites for hydroxylation is 2. The molecular weight excluding hydrogens is 318 g/mol. The minimum absolute atomic E-state index is 0.0935. The Morgan fingerprint density at radius 1 is 1.08 bits per heavy atom. The highest BCUT2D eigenvalue weighted by Gasteiger charge is 2.48. The highest BCUT2D eigenvalue weighted by molar-refractivity contribution is 6.05. The molecule has 1 heterocycles. The van der Waals surface area contributed by atoms with Gasteiger partial charge in [-0.3, -0.25) is 14.5 Å². The van der Waals surface area contributed by atoms with Crippen LogP contribution in [-0.4, -0.2) is 35.3 Å². The summed E-state index contributed by atoms with van der Waals surface area (Å²) in [6.07, 6.45) is 3.07. The number of benzene rings is 1. The zero-order valence-corrected chi connectivity index (χ0v) is 15.1. The predicted octanol–water partition coefficient (Wildman–Crippen LogP) is 3.02. The molecular formula is C20H25NO4. The number of nitrogens with zero attached hydrogens (tertiary/aromatic N) is 1. The van der Waals surface area contributed by atoms with Crippen LogP contribution in [0.25, 0.3) is 0 Å². The molecule has 3 atom stereocenters. The molecule has 25 heavy (non-hydrogen) atoms. The second kappa shape index (κ2) is 6.98. The molecule has 0 bridgehead atoms. The first-order chi connectivity index (χ1) is 11.9. The molecule has 0 radical (unpaired) electrons. The van der Waals surface area contributed by atoms with Crippen LogP contribution in [0.2, 0.25) is 0 Å². The van der Waals surface area contributed by atoms with E-state index < -0.39 is 12.1 Å². The van der Waals surface area contributed by atoms with Gasteiger partial charge in [-0.1, -0.05) is 30.0 Å². The Balaban J connectivity index is 1.64. The van der Waals surface area contributed by atoms with Crippen LogP contribution in [0.4, 0.5) is 0 Å². The number of hydrogen-bond acceptors (Lipinski definition) is 4. The Kier molecular flexibility index (Phi) is 4.93. The van der Waals surface area contributed by atoms with Crippen LogP contribution in [0, 0.1) is 25.7 Å². The summed E-state index contributed by atoms with van der Waals surface area (Å²) in [6, 6.07) is 5.55. The van der Waals surface area contributed by atoms with Crippen molar-refractivity contribution in [2.24, 2.45) is 11.8 Å². The van der Waals surface area contributed by atoms with Gasteiger partial charge in [0, 0.05) is 0 Å². The van der Waals surface area contributed by atoms with Gasteiger partial charge in [0.2, 0.25) is 11.8 Å². The van der Waals surface area contributed by atoms with Gasteiger partial charge in [0.15, 0.2) is 0 Å². The Morgan fingerprint density at radius 2 is 1.60 bits per heavy atom. The summed E-state index contributed by atoms with van der Waals surface area (Å²) in [6.45, 7) is 5.72. The number of carbonyl (C=O) groups excluding carboxylic acids is 3. The first-order valence-electron chi connectivity index (χ1n) is 9.01. The smallest absolute Gasteiger partial charge is 0.338 e. The summed E-state index contributed by atoms with van der Waals surface area (Å²) in [5.41, 5.74) is 2.49. The minimum atomic E-state index is -0.527. The molecule has 2 aliphatic rings. The molecule has 1 aliphatic carbocycles. The van der Waals surface area contributed by atoms with E-state index in [1.54, 1.807) is 19.1 Å². The Hall–Kier alpha value is -2.17. The van der Waals surface area contributed by atoms with E-state index in [1.165, 1.54) is 4.90 Å². The normalized spacial score (nSPS) is 24.2. The highest BCUT2D eigenvalue weighted by Crippen LogP contribution is 2.38. The summed E-state index contributed by atoms with van der Waals surface area (Å²) in [5, 5.41) is 0. The molecule has 0 N–H and O–H groups in total. The van der Waals surface area contributed by atoms with Gasteiger partial charge in [-0.2, -0.15) is 0 Å². The number of esters is 1. The topological polar surface area (TPSA) is 63.7 Å². The standard InChI is InChI=1S/C20H25NO4/c1-12-8-13(2)10-15(9-12)20(24)25-14(3)11-21-18(22)16-6-4-5-7-17(16)19(21)23/h8-10,14,16-17H,4-7,11H2,1-3H3. The first-order valence-corrected chi connectivity index (χ1v) is 9.01. The van der Waals surface area contributed by atoms with Crippen LogP contribution in [0.15, 0.2) is 18.2 Å². The van der Waals surface area contributed by atoms with Crippen LogP contribution in [0.1, 0.15) is 54.1 Å². The molecule has 1 saturated heterocycles. The summed E-state index contributed by atoms with van der Waals surface area (Å²) in [7, 11) is 0. The molecule has 0 aromatic heterocycles. The number of amides is 2. The molecule has 2 amide bonds. The Labute approximate surface area is 148 Å². The molecule has 1 aliphatic heterocycles. The monoisotopic (exact) mass is 343 g/mol. The maximum Gasteiger partial charge on any atom is 0.338 e. The SMILES string of the molecule is Cc1cc(C)cc(C(=O)OC(C)CN2C(=O)C3CCCCC3C2=O)c1. The van der Waals surface area contributed by atoms with Crippen molar-refractivity contribution < 1.29 is 19.1 Å². The largest absolute Gasteiger partial charge is 0.457 e. The van der Waals surface area contributed by atoms with E-state index in [0.29, 0.717) is 5.56 Å². The third-order valence-electron chi connectivity index (χ3n) is 5.14. The van der Waals surface area contributed by atoms with E-state index in [1.807, 2.05) is 19.9 Å². The van der Waals surface area contributed by atoms with Crippen molar-refractivity contribution in [3.8, 4) is 0 Å². The first kappa shape index (κ1) is 17.6. The maximum absolute atomic E-state index is 12.5. The predicted molar refractivity (Wildman–Crippen MR) is 93.0 cm³/mol. The van der Waals surface area contributed by atoms with Crippen molar-refractivity contribution in [2.75, 3.05) is 6.54 Å². The van der Waals surface area contributed by atoms with Crippen LogP contribution < -0.4 is 0 Å². The third-order valence-corrected chi connectivity index (χ3v) is 5.14. The lowest BCUT2D eigenvalue weighted by atomic mass is 9.81. The van der Waals surface area contributed by atoms with Gasteiger partial charge < -0.3 is 4.74 Å². The average molecular weight is 343 g/mol. The van der Waals surface area contributed by atoms with Gasteiger partial charge in [0.1, 0.15) is 6.10 Å². The van der Waals surface area contributed by atoms with Crippen molar-refractivity contribution in [1.29, 1.82) is 0 Å². The highest BCUT2D eigenvalue weighted by atomic mass is 16.5. The summed E-state index contributed by atoms with van der Waals surface area (Å²) in [5.74, 6) is -0.934. The van der Waals surface area contributed by atoms with Crippen molar-refractivity contribution >= 4 is 17.8 Å². The summed E-state index contributed by atoms with van der Waals surface area (Å²) >= 11 is 0. The lowest BCUT2D eigenvalue weighted by Crippen LogP contribution is -2.38. The molecule has 5 nitrogen and oxygen atoms in total. The number of hydrogen-bond donors (Lipinski definition) is 0. The van der Waals surface area contributed by atoms with E-state index in [0.717, 1.165) is 36.8 Å². The maximum atomic E-state index is 12.5. The second-order valence-corrected chi connectivity index (χ2v) is 7.38. The number of likely N-dealkylation sites (tertiary alicyclic amines) is 1. The fourth-order valence-corrected chi connectivity index (χ4v) is 4.05. The quantitative estimate of drug-likeness (QED) is 0.623. The molecule has 3 unspecified atom stereocenters. The van der Waals surface area contributed by atoms with Gasteiger partial charge in [-0.05, 0) is 45.7 Å². The fraction of sp³-hybridized carbons (Fsp3) is 0.550. The molecule has 1 aromatic rings. The number of imide groups is 1. The number of rotatable bonds is 4. The molecule has 134 valence electrons. The van der Waals surface area contributed by atoms with Crippen molar-refractivity contribution in [3.05, 3.63) is 34.9 Å². The van der Waals surface area contributed by atoms with Gasteiger partial charge in [0.05, 0.1) is 23.9 Å². The summed E-state index contributed by atoms with van der Waals surface area (Å²) in [4.78, 5) is 38.6. The van der Waals surface area contributed by atoms with Crippen molar-refractivity contribution in [3.63, 3.8) is 0 Å². The lowest BCUT2D eigenvalue weighted by molar-refractivity contribution is -0.141. The van der Waals surface area contributed by atoms with E-state index in [4.69, 9.17) is 4.74 Å². The van der Waals surface area contributed by atoms with Gasteiger partial charge in [-0.15, -0.1) is 0 Å². The lowest BCUT2D eigenvalue weighted by Gasteiger charge is -2.20. The number of ether oxygens (including phenoxy) is 1. The second-order valence-electron chi connectivity index (χ2n) is 7.38.